The van der Waals surface area contributed by atoms with E-state index in [1.807, 2.05) is 6.92 Å². The number of halogens is 1. The molecule has 138 valence electrons. The van der Waals surface area contributed by atoms with Gasteiger partial charge in [-0.15, -0.1) is 0 Å². The number of hydrogen-bond acceptors (Lipinski definition) is 1. The minimum Gasteiger partial charge on any atom is -0.347 e. The molecule has 0 radical (unpaired) electrons. The quantitative estimate of drug-likeness (QED) is 0.820. The Bertz CT molecular complexity index is 694. The Hall–Kier alpha value is -2.20. The van der Waals surface area contributed by atoms with Crippen molar-refractivity contribution < 1.29 is 14.1 Å². The number of carbonyl (C=O) groups is 1. The van der Waals surface area contributed by atoms with E-state index >= 15 is 0 Å². The van der Waals surface area contributed by atoms with Crippen LogP contribution in [0.5, 0.6) is 0 Å². The monoisotopic (exact) mass is 355 g/mol. The highest BCUT2D eigenvalue weighted by Gasteiger charge is 2.29. The van der Waals surface area contributed by atoms with Crippen molar-refractivity contribution in [2.45, 2.75) is 38.8 Å². The number of amides is 1. The van der Waals surface area contributed by atoms with Crippen LogP contribution in [0.4, 0.5) is 4.39 Å². The molecular weight excluding hydrogens is 327 g/mol. The SMILES string of the molecule is C[C@@H](C(=O)NCc1ccc(F)cc1)[NH+]1CCC(Cc2ccccc2)CC1. The van der Waals surface area contributed by atoms with Gasteiger partial charge in [0, 0.05) is 6.54 Å². The minimum atomic E-state index is -0.253. The molecule has 0 aromatic heterocycles. The molecule has 0 saturated carbocycles. The molecule has 0 bridgehead atoms. The number of likely N-dealkylation sites (tertiary alicyclic amines) is 1. The average molecular weight is 355 g/mol. The molecule has 1 amide bonds. The second kappa shape index (κ2) is 8.95. The summed E-state index contributed by atoms with van der Waals surface area (Å²) >= 11 is 0. The van der Waals surface area contributed by atoms with Gasteiger partial charge in [-0.25, -0.2) is 4.39 Å². The first-order valence-electron chi connectivity index (χ1n) is 9.52. The largest absolute Gasteiger partial charge is 0.347 e. The summed E-state index contributed by atoms with van der Waals surface area (Å²) < 4.78 is 12.9. The predicted octanol–water partition coefficient (Wildman–Crippen LogP) is 2.37. The van der Waals surface area contributed by atoms with Crippen LogP contribution >= 0.6 is 0 Å². The molecule has 2 aromatic carbocycles. The maximum atomic E-state index is 12.9. The fourth-order valence-electron chi connectivity index (χ4n) is 3.76. The van der Waals surface area contributed by atoms with E-state index in [1.165, 1.54) is 35.4 Å². The van der Waals surface area contributed by atoms with Crippen LogP contribution < -0.4 is 10.2 Å². The molecule has 1 atom stereocenters. The molecule has 1 fully saturated rings. The summed E-state index contributed by atoms with van der Waals surface area (Å²) in [7, 11) is 0. The van der Waals surface area contributed by atoms with Crippen molar-refractivity contribution in [3.63, 3.8) is 0 Å². The summed E-state index contributed by atoms with van der Waals surface area (Å²) in [6.45, 7) is 4.55. The van der Waals surface area contributed by atoms with Gasteiger partial charge in [-0.3, -0.25) is 4.79 Å². The van der Waals surface area contributed by atoms with Gasteiger partial charge in [0.05, 0.1) is 13.1 Å². The van der Waals surface area contributed by atoms with E-state index in [4.69, 9.17) is 0 Å². The van der Waals surface area contributed by atoms with E-state index in [0.717, 1.165) is 31.0 Å². The van der Waals surface area contributed by atoms with E-state index in [9.17, 15) is 9.18 Å². The van der Waals surface area contributed by atoms with Gasteiger partial charge in [0.1, 0.15) is 5.82 Å². The molecule has 1 heterocycles. The van der Waals surface area contributed by atoms with Crippen LogP contribution in [0.1, 0.15) is 30.9 Å². The Morgan fingerprint density at radius 3 is 2.38 bits per heavy atom. The number of benzene rings is 2. The van der Waals surface area contributed by atoms with Gasteiger partial charge >= 0.3 is 0 Å². The second-order valence-corrected chi connectivity index (χ2v) is 7.36. The molecule has 0 spiro atoms. The van der Waals surface area contributed by atoms with Gasteiger partial charge in [-0.05, 0) is 55.4 Å². The van der Waals surface area contributed by atoms with Gasteiger partial charge in [-0.1, -0.05) is 42.5 Å². The molecule has 3 nitrogen and oxygen atoms in total. The summed E-state index contributed by atoms with van der Waals surface area (Å²) in [6.07, 6.45) is 3.47. The number of nitrogens with one attached hydrogen (secondary N) is 2. The van der Waals surface area contributed by atoms with Crippen LogP contribution in [-0.2, 0) is 17.8 Å². The van der Waals surface area contributed by atoms with E-state index in [1.54, 1.807) is 12.1 Å². The van der Waals surface area contributed by atoms with Gasteiger partial charge in [0.15, 0.2) is 6.04 Å². The molecule has 1 aliphatic heterocycles. The molecule has 26 heavy (non-hydrogen) atoms. The third-order valence-corrected chi connectivity index (χ3v) is 5.50. The Kier molecular flexibility index (Phi) is 6.40. The van der Waals surface area contributed by atoms with Crippen LogP contribution in [0.2, 0.25) is 0 Å². The fraction of sp³-hybridized carbons (Fsp3) is 0.409. The highest BCUT2D eigenvalue weighted by Crippen LogP contribution is 2.16. The summed E-state index contributed by atoms with van der Waals surface area (Å²) in [5.74, 6) is 0.540. The Morgan fingerprint density at radius 2 is 1.73 bits per heavy atom. The minimum absolute atomic E-state index is 0.0480. The van der Waals surface area contributed by atoms with Crippen LogP contribution in [0, 0.1) is 11.7 Å². The van der Waals surface area contributed by atoms with Crippen molar-refractivity contribution in [1.82, 2.24) is 5.32 Å². The van der Waals surface area contributed by atoms with E-state index < -0.39 is 0 Å². The summed E-state index contributed by atoms with van der Waals surface area (Å²) in [4.78, 5) is 13.8. The topological polar surface area (TPSA) is 33.5 Å². The standard InChI is InChI=1S/C22H27FN2O/c1-17(22(26)24-16-20-7-9-21(23)10-8-20)25-13-11-19(12-14-25)15-18-5-3-2-4-6-18/h2-10,17,19H,11-16H2,1H3,(H,24,26)/p+1/t17-/m0/s1. The van der Waals surface area contributed by atoms with E-state index in [2.05, 4.69) is 35.6 Å². The number of rotatable bonds is 6. The maximum absolute atomic E-state index is 12.9. The Balaban J connectivity index is 1.43. The van der Waals surface area contributed by atoms with Crippen molar-refractivity contribution in [2.75, 3.05) is 13.1 Å². The lowest BCUT2D eigenvalue weighted by Gasteiger charge is -2.32. The molecule has 0 aliphatic carbocycles. The third kappa shape index (κ3) is 5.15. The zero-order valence-corrected chi connectivity index (χ0v) is 15.4. The average Bonchev–Trinajstić information content (AvgIpc) is 2.68. The van der Waals surface area contributed by atoms with Crippen molar-refractivity contribution >= 4 is 5.91 Å². The van der Waals surface area contributed by atoms with Crippen molar-refractivity contribution in [1.29, 1.82) is 0 Å². The molecule has 0 unspecified atom stereocenters. The van der Waals surface area contributed by atoms with Crippen LogP contribution in [0.25, 0.3) is 0 Å². The molecule has 1 aliphatic rings. The third-order valence-electron chi connectivity index (χ3n) is 5.50. The highest BCUT2D eigenvalue weighted by molar-refractivity contribution is 5.79. The fourth-order valence-corrected chi connectivity index (χ4v) is 3.76. The number of piperidine rings is 1. The van der Waals surface area contributed by atoms with Gasteiger partial charge in [0.2, 0.25) is 0 Å². The Morgan fingerprint density at radius 1 is 1.08 bits per heavy atom. The van der Waals surface area contributed by atoms with Crippen LogP contribution in [0.15, 0.2) is 54.6 Å². The lowest BCUT2D eigenvalue weighted by atomic mass is 9.89. The molecule has 4 heteroatoms. The maximum Gasteiger partial charge on any atom is 0.278 e. The Labute approximate surface area is 155 Å². The summed E-state index contributed by atoms with van der Waals surface area (Å²) in [6, 6.07) is 16.9. The summed E-state index contributed by atoms with van der Waals surface area (Å²) in [5.41, 5.74) is 2.33. The highest BCUT2D eigenvalue weighted by atomic mass is 19.1. The van der Waals surface area contributed by atoms with Crippen LogP contribution in [-0.4, -0.2) is 25.0 Å². The molecular formula is C22H28FN2O+. The molecule has 1 saturated heterocycles. The zero-order valence-electron chi connectivity index (χ0n) is 15.4. The van der Waals surface area contributed by atoms with Crippen molar-refractivity contribution in [3.8, 4) is 0 Å². The zero-order chi connectivity index (χ0) is 18.4. The molecule has 3 rings (SSSR count). The molecule has 2 N–H and O–H groups in total. The summed E-state index contributed by atoms with van der Waals surface area (Å²) in [5, 5.41) is 2.98. The normalized spacial score (nSPS) is 21.2. The smallest absolute Gasteiger partial charge is 0.278 e. The lowest BCUT2D eigenvalue weighted by Crippen LogP contribution is -3.17. The second-order valence-electron chi connectivity index (χ2n) is 7.36. The lowest BCUT2D eigenvalue weighted by molar-refractivity contribution is -0.920. The molecule has 2 aromatic rings. The van der Waals surface area contributed by atoms with E-state index in [-0.39, 0.29) is 17.8 Å². The predicted molar refractivity (Wildman–Crippen MR) is 101 cm³/mol. The van der Waals surface area contributed by atoms with Crippen LogP contribution in [0.3, 0.4) is 0 Å². The first-order chi connectivity index (χ1) is 12.6. The van der Waals surface area contributed by atoms with Gasteiger partial charge in [-0.2, -0.15) is 0 Å². The van der Waals surface area contributed by atoms with Crippen molar-refractivity contribution in [2.24, 2.45) is 5.92 Å². The first kappa shape index (κ1) is 18.6. The number of hydrogen-bond donors (Lipinski definition) is 2. The first-order valence-corrected chi connectivity index (χ1v) is 9.52. The van der Waals surface area contributed by atoms with Gasteiger partial charge < -0.3 is 10.2 Å². The number of quaternary nitrogens is 1. The van der Waals surface area contributed by atoms with E-state index in [0.29, 0.717) is 6.54 Å². The van der Waals surface area contributed by atoms with Crippen molar-refractivity contribution in [3.05, 3.63) is 71.5 Å². The number of carbonyl (C=O) groups excluding carboxylic acids is 1. The van der Waals surface area contributed by atoms with Gasteiger partial charge in [0.25, 0.3) is 5.91 Å².